The van der Waals surface area contributed by atoms with E-state index in [9.17, 15) is 9.59 Å². The van der Waals surface area contributed by atoms with E-state index >= 15 is 0 Å². The lowest BCUT2D eigenvalue weighted by Gasteiger charge is -2.00. The maximum Gasteiger partial charge on any atom is 0.337 e. The Morgan fingerprint density at radius 3 is 2.64 bits per heavy atom. The maximum absolute atomic E-state index is 12.0. The number of nitrogens with zero attached hydrogens (tertiary/aromatic N) is 1. The van der Waals surface area contributed by atoms with Crippen LogP contribution in [0.25, 0.3) is 11.3 Å². The molecule has 128 valence electrons. The molecule has 6 nitrogen and oxygen atoms in total. The molecule has 0 saturated carbocycles. The molecule has 2 aromatic heterocycles. The number of benzene rings is 1. The lowest BCUT2D eigenvalue weighted by Crippen LogP contribution is -2.21. The molecule has 2 heterocycles. The first-order valence-corrected chi connectivity index (χ1v) is 8.44. The van der Waals surface area contributed by atoms with Crippen molar-refractivity contribution >= 4 is 34.8 Å². The summed E-state index contributed by atoms with van der Waals surface area (Å²) in [5, 5.41) is 6.72. The second-order valence-corrected chi connectivity index (χ2v) is 6.75. The van der Waals surface area contributed by atoms with Gasteiger partial charge in [0.25, 0.3) is 5.91 Å². The van der Waals surface area contributed by atoms with Gasteiger partial charge in [0.05, 0.1) is 28.4 Å². The molecule has 0 atom stereocenters. The standard InChI is InChI=1S/C17H13ClN2O4S/c1-23-17(22)11-4-2-10(3-5-11)13-8-12(24-20-13)9-19-16(21)14-6-7-15(18)25-14/h2-8H,9H2,1H3,(H,19,21). The van der Waals surface area contributed by atoms with E-state index < -0.39 is 5.97 Å². The molecule has 0 unspecified atom stereocenters. The number of amides is 1. The molecule has 0 saturated heterocycles. The molecule has 0 spiro atoms. The molecule has 0 bridgehead atoms. The molecule has 3 rings (SSSR count). The molecule has 8 heteroatoms. The van der Waals surface area contributed by atoms with Gasteiger partial charge in [-0.3, -0.25) is 4.79 Å². The number of nitrogens with one attached hydrogen (secondary N) is 1. The highest BCUT2D eigenvalue weighted by Crippen LogP contribution is 2.22. The van der Waals surface area contributed by atoms with E-state index in [2.05, 4.69) is 15.2 Å². The van der Waals surface area contributed by atoms with Gasteiger partial charge >= 0.3 is 5.97 Å². The number of thiophene rings is 1. The average molecular weight is 377 g/mol. The number of carbonyl (C=O) groups is 2. The summed E-state index contributed by atoms with van der Waals surface area (Å²) in [5.74, 6) is -0.107. The highest BCUT2D eigenvalue weighted by Gasteiger charge is 2.12. The monoisotopic (exact) mass is 376 g/mol. The van der Waals surface area contributed by atoms with Gasteiger partial charge in [0, 0.05) is 11.6 Å². The molecule has 25 heavy (non-hydrogen) atoms. The van der Waals surface area contributed by atoms with Gasteiger partial charge in [-0.2, -0.15) is 0 Å². The molecule has 0 aliphatic rings. The molecule has 1 amide bonds. The van der Waals surface area contributed by atoms with Crippen LogP contribution in [0.4, 0.5) is 0 Å². The van der Waals surface area contributed by atoms with Crippen molar-refractivity contribution in [1.82, 2.24) is 10.5 Å². The first kappa shape index (κ1) is 17.2. The molecule has 1 N–H and O–H groups in total. The van der Waals surface area contributed by atoms with Crippen LogP contribution in [-0.2, 0) is 11.3 Å². The van der Waals surface area contributed by atoms with Crippen LogP contribution in [0.2, 0.25) is 4.34 Å². The van der Waals surface area contributed by atoms with Crippen LogP contribution in [0.5, 0.6) is 0 Å². The normalized spacial score (nSPS) is 10.5. The Morgan fingerprint density at radius 1 is 1.24 bits per heavy atom. The SMILES string of the molecule is COC(=O)c1ccc(-c2cc(CNC(=O)c3ccc(Cl)s3)on2)cc1. The van der Waals surface area contributed by atoms with Crippen LogP contribution in [0.15, 0.2) is 47.0 Å². The Kier molecular flexibility index (Phi) is 5.16. The van der Waals surface area contributed by atoms with Crippen molar-refractivity contribution in [2.75, 3.05) is 7.11 Å². The fourth-order valence-electron chi connectivity index (χ4n) is 2.12. The fourth-order valence-corrected chi connectivity index (χ4v) is 3.08. The molecule has 0 radical (unpaired) electrons. The summed E-state index contributed by atoms with van der Waals surface area (Å²) in [6.07, 6.45) is 0. The second kappa shape index (κ2) is 7.50. The smallest absolute Gasteiger partial charge is 0.337 e. The lowest BCUT2D eigenvalue weighted by atomic mass is 10.1. The van der Waals surface area contributed by atoms with Gasteiger partial charge in [0.15, 0.2) is 5.76 Å². The number of methoxy groups -OCH3 is 1. The van der Waals surface area contributed by atoms with Gasteiger partial charge in [-0.15, -0.1) is 11.3 Å². The summed E-state index contributed by atoms with van der Waals surface area (Å²) in [5.41, 5.74) is 1.86. The van der Waals surface area contributed by atoms with Gasteiger partial charge in [-0.1, -0.05) is 28.9 Å². The van der Waals surface area contributed by atoms with Crippen LogP contribution < -0.4 is 5.32 Å². The zero-order valence-electron chi connectivity index (χ0n) is 13.1. The summed E-state index contributed by atoms with van der Waals surface area (Å²) >= 11 is 7.02. The minimum absolute atomic E-state index is 0.210. The summed E-state index contributed by atoms with van der Waals surface area (Å²) in [7, 11) is 1.33. The van der Waals surface area contributed by atoms with E-state index in [1.54, 1.807) is 42.5 Å². The number of ether oxygens (including phenoxy) is 1. The predicted octanol–water partition coefficient (Wildman–Crippen LogP) is 3.77. The summed E-state index contributed by atoms with van der Waals surface area (Å²) in [4.78, 5) is 23.9. The van der Waals surface area contributed by atoms with Crippen molar-refractivity contribution in [3.05, 3.63) is 63.0 Å². The van der Waals surface area contributed by atoms with Crippen LogP contribution in [-0.4, -0.2) is 24.1 Å². The summed E-state index contributed by atoms with van der Waals surface area (Å²) in [6.45, 7) is 0.210. The lowest BCUT2D eigenvalue weighted by molar-refractivity contribution is 0.0600. The minimum Gasteiger partial charge on any atom is -0.465 e. The molecule has 0 aliphatic carbocycles. The van der Waals surface area contributed by atoms with E-state index in [1.165, 1.54) is 18.4 Å². The predicted molar refractivity (Wildman–Crippen MR) is 93.8 cm³/mol. The molecular formula is C17H13ClN2O4S. The first-order valence-electron chi connectivity index (χ1n) is 7.24. The van der Waals surface area contributed by atoms with Gasteiger partial charge in [-0.25, -0.2) is 4.79 Å². The topological polar surface area (TPSA) is 81.4 Å². The van der Waals surface area contributed by atoms with E-state index in [0.29, 0.717) is 26.2 Å². The van der Waals surface area contributed by atoms with Crippen molar-refractivity contribution in [3.8, 4) is 11.3 Å². The van der Waals surface area contributed by atoms with Crippen LogP contribution in [0, 0.1) is 0 Å². The zero-order chi connectivity index (χ0) is 17.8. The molecule has 0 aliphatic heterocycles. The van der Waals surface area contributed by atoms with Gasteiger partial charge in [0.2, 0.25) is 0 Å². The third kappa shape index (κ3) is 4.07. The van der Waals surface area contributed by atoms with Gasteiger partial charge < -0.3 is 14.6 Å². The van der Waals surface area contributed by atoms with E-state index in [0.717, 1.165) is 5.56 Å². The van der Waals surface area contributed by atoms with Crippen molar-refractivity contribution in [1.29, 1.82) is 0 Å². The number of halogens is 1. The Hall–Kier alpha value is -2.64. The van der Waals surface area contributed by atoms with Crippen molar-refractivity contribution < 1.29 is 18.8 Å². The van der Waals surface area contributed by atoms with Crippen molar-refractivity contribution in [2.45, 2.75) is 6.54 Å². The van der Waals surface area contributed by atoms with Crippen molar-refractivity contribution in [2.24, 2.45) is 0 Å². The van der Waals surface area contributed by atoms with Crippen LogP contribution in [0.3, 0.4) is 0 Å². The summed E-state index contributed by atoms with van der Waals surface area (Å²) < 4.78 is 10.4. The Balaban J connectivity index is 1.64. The molecule has 0 fully saturated rings. The Bertz CT molecular complexity index is 902. The number of rotatable bonds is 5. The molecule has 1 aromatic carbocycles. The highest BCUT2D eigenvalue weighted by atomic mass is 35.5. The first-order chi connectivity index (χ1) is 12.1. The number of hydrogen-bond acceptors (Lipinski definition) is 6. The summed E-state index contributed by atoms with van der Waals surface area (Å²) in [6, 6.07) is 11.9. The van der Waals surface area contributed by atoms with E-state index in [4.69, 9.17) is 16.1 Å². The third-order valence-electron chi connectivity index (χ3n) is 3.38. The number of carbonyl (C=O) groups excluding carboxylic acids is 2. The van der Waals surface area contributed by atoms with Gasteiger partial charge in [-0.05, 0) is 24.3 Å². The second-order valence-electron chi connectivity index (χ2n) is 5.03. The van der Waals surface area contributed by atoms with Gasteiger partial charge in [0.1, 0.15) is 5.69 Å². The van der Waals surface area contributed by atoms with E-state index in [1.807, 2.05) is 0 Å². The zero-order valence-corrected chi connectivity index (χ0v) is 14.7. The van der Waals surface area contributed by atoms with Crippen molar-refractivity contribution in [3.63, 3.8) is 0 Å². The number of esters is 1. The number of hydrogen-bond donors (Lipinski definition) is 1. The fraction of sp³-hybridized carbons (Fsp3) is 0.118. The third-order valence-corrected chi connectivity index (χ3v) is 4.61. The molecule has 3 aromatic rings. The van der Waals surface area contributed by atoms with Crippen LogP contribution in [0.1, 0.15) is 25.8 Å². The van der Waals surface area contributed by atoms with Crippen LogP contribution >= 0.6 is 22.9 Å². The Labute approximate surface area is 152 Å². The Morgan fingerprint density at radius 2 is 2.00 bits per heavy atom. The highest BCUT2D eigenvalue weighted by molar-refractivity contribution is 7.17. The average Bonchev–Trinajstić information content (AvgIpc) is 3.28. The molecular weight excluding hydrogens is 364 g/mol. The largest absolute Gasteiger partial charge is 0.465 e. The van der Waals surface area contributed by atoms with E-state index in [-0.39, 0.29) is 12.5 Å². The number of aromatic nitrogens is 1. The maximum atomic E-state index is 12.0. The quantitative estimate of drug-likeness (QED) is 0.685. The minimum atomic E-state index is -0.399.